The topological polar surface area (TPSA) is 29.5 Å². The van der Waals surface area contributed by atoms with Crippen LogP contribution in [0.3, 0.4) is 0 Å². The summed E-state index contributed by atoms with van der Waals surface area (Å²) in [6.07, 6.45) is 4.80. The molecule has 1 aliphatic heterocycles. The molecule has 0 bridgehead atoms. The lowest BCUT2D eigenvalue weighted by Crippen LogP contribution is -2.31. The van der Waals surface area contributed by atoms with Crippen LogP contribution in [0.15, 0.2) is 18.2 Å². The Kier molecular flexibility index (Phi) is 8.01. The van der Waals surface area contributed by atoms with Gasteiger partial charge < -0.3 is 9.64 Å². The summed E-state index contributed by atoms with van der Waals surface area (Å²) in [5, 5.41) is -0.792. The number of rotatable bonds is 6. The Balaban J connectivity index is 0.00000220. The largest absolute Gasteiger partial charge is 0.493 e. The first-order chi connectivity index (χ1) is 9.66. The number of carbonyl (C=O) groups is 1. The van der Waals surface area contributed by atoms with Gasteiger partial charge in [0.25, 0.3) is 5.24 Å². The van der Waals surface area contributed by atoms with Gasteiger partial charge in [0.05, 0.1) is 12.2 Å². The minimum absolute atomic E-state index is 0. The van der Waals surface area contributed by atoms with Crippen molar-refractivity contribution in [3.05, 3.63) is 29.6 Å². The van der Waals surface area contributed by atoms with Crippen LogP contribution in [0.4, 0.5) is 4.39 Å². The summed E-state index contributed by atoms with van der Waals surface area (Å²) in [5.41, 5.74) is -0.118. The van der Waals surface area contributed by atoms with Crippen LogP contribution >= 0.6 is 24.0 Å². The molecule has 2 rings (SSSR count). The summed E-state index contributed by atoms with van der Waals surface area (Å²) in [4.78, 5) is 13.3. The van der Waals surface area contributed by atoms with Crippen LogP contribution in [-0.4, -0.2) is 36.4 Å². The standard InChI is InChI=1S/C15H19ClFNO2.ClH/c16-15(19)13-6-5-12(11-14(13)17)20-10-4-9-18-7-2-1-3-8-18;/h5-6,11H,1-4,7-10H2;1H. The number of halogens is 3. The van der Waals surface area contributed by atoms with Gasteiger partial charge in [0.2, 0.25) is 0 Å². The average molecular weight is 336 g/mol. The van der Waals surface area contributed by atoms with E-state index in [0.717, 1.165) is 13.0 Å². The molecule has 0 saturated carbocycles. The fourth-order valence-electron chi connectivity index (χ4n) is 2.41. The summed E-state index contributed by atoms with van der Waals surface area (Å²) in [6.45, 7) is 3.90. The van der Waals surface area contributed by atoms with Crippen LogP contribution in [0, 0.1) is 5.82 Å². The van der Waals surface area contributed by atoms with E-state index in [1.165, 1.54) is 44.5 Å². The van der Waals surface area contributed by atoms with Crippen LogP contribution < -0.4 is 4.74 Å². The molecule has 1 saturated heterocycles. The van der Waals surface area contributed by atoms with E-state index in [4.69, 9.17) is 16.3 Å². The minimum Gasteiger partial charge on any atom is -0.493 e. The third-order valence-corrected chi connectivity index (χ3v) is 3.69. The molecule has 1 fully saturated rings. The molecule has 1 aromatic carbocycles. The van der Waals surface area contributed by atoms with Crippen LogP contribution in [-0.2, 0) is 0 Å². The van der Waals surface area contributed by atoms with Crippen molar-refractivity contribution in [2.75, 3.05) is 26.2 Å². The zero-order valence-corrected chi connectivity index (χ0v) is 13.4. The molecule has 0 aromatic heterocycles. The maximum atomic E-state index is 13.5. The van der Waals surface area contributed by atoms with E-state index < -0.39 is 11.1 Å². The number of hydrogen-bond acceptors (Lipinski definition) is 3. The van der Waals surface area contributed by atoms with E-state index >= 15 is 0 Å². The highest BCUT2D eigenvalue weighted by Gasteiger charge is 2.11. The van der Waals surface area contributed by atoms with E-state index in [-0.39, 0.29) is 18.0 Å². The Morgan fingerprint density at radius 2 is 2.00 bits per heavy atom. The predicted octanol–water partition coefficient (Wildman–Crippen LogP) is 3.88. The van der Waals surface area contributed by atoms with Crippen molar-refractivity contribution in [3.63, 3.8) is 0 Å². The van der Waals surface area contributed by atoms with Crippen LogP contribution in [0.5, 0.6) is 5.75 Å². The molecule has 0 amide bonds. The summed E-state index contributed by atoms with van der Waals surface area (Å²) < 4.78 is 19.0. The molecule has 0 N–H and O–H groups in total. The zero-order valence-electron chi connectivity index (χ0n) is 11.8. The SMILES string of the molecule is Cl.O=C(Cl)c1ccc(OCCCN2CCCCC2)cc1F. The Hall–Kier alpha value is -0.840. The van der Waals surface area contributed by atoms with Crippen molar-refractivity contribution in [2.24, 2.45) is 0 Å². The van der Waals surface area contributed by atoms with Crippen molar-refractivity contribution in [1.29, 1.82) is 0 Å². The molecule has 0 spiro atoms. The number of hydrogen-bond donors (Lipinski definition) is 0. The smallest absolute Gasteiger partial charge is 0.255 e. The Labute approximate surface area is 135 Å². The van der Waals surface area contributed by atoms with Crippen molar-refractivity contribution in [3.8, 4) is 5.75 Å². The van der Waals surface area contributed by atoms with Gasteiger partial charge in [-0.2, -0.15) is 0 Å². The number of nitrogens with zero attached hydrogens (tertiary/aromatic N) is 1. The van der Waals surface area contributed by atoms with Crippen molar-refractivity contribution in [1.82, 2.24) is 4.90 Å². The summed E-state index contributed by atoms with van der Waals surface area (Å²) in [7, 11) is 0. The van der Waals surface area contributed by atoms with Gasteiger partial charge in [-0.25, -0.2) is 4.39 Å². The molecule has 1 aliphatic rings. The average Bonchev–Trinajstić information content (AvgIpc) is 2.44. The first kappa shape index (κ1) is 18.2. The normalized spacial score (nSPS) is 15.3. The van der Waals surface area contributed by atoms with Gasteiger partial charge in [-0.1, -0.05) is 6.42 Å². The third kappa shape index (κ3) is 5.81. The molecule has 118 valence electrons. The molecule has 6 heteroatoms. The lowest BCUT2D eigenvalue weighted by atomic mass is 10.1. The summed E-state index contributed by atoms with van der Waals surface area (Å²) in [5.74, 6) is -0.207. The maximum absolute atomic E-state index is 13.5. The molecule has 0 unspecified atom stereocenters. The lowest BCUT2D eigenvalue weighted by molar-refractivity contribution is 0.107. The molecule has 1 aromatic rings. The molecular formula is C15H20Cl2FNO2. The zero-order chi connectivity index (χ0) is 14.4. The Morgan fingerprint density at radius 3 is 2.62 bits per heavy atom. The number of likely N-dealkylation sites (tertiary alicyclic amines) is 1. The number of benzene rings is 1. The first-order valence-electron chi connectivity index (χ1n) is 7.01. The Morgan fingerprint density at radius 1 is 1.29 bits per heavy atom. The van der Waals surface area contributed by atoms with Crippen molar-refractivity contribution >= 4 is 29.3 Å². The minimum atomic E-state index is -0.792. The van der Waals surface area contributed by atoms with Gasteiger partial charge in [-0.15, -0.1) is 12.4 Å². The lowest BCUT2D eigenvalue weighted by Gasteiger charge is -2.26. The van der Waals surface area contributed by atoms with Gasteiger partial charge in [-0.05, 0) is 56.1 Å². The van der Waals surface area contributed by atoms with Crippen LogP contribution in [0.1, 0.15) is 36.0 Å². The second kappa shape index (κ2) is 9.23. The van der Waals surface area contributed by atoms with Gasteiger partial charge in [0.1, 0.15) is 11.6 Å². The third-order valence-electron chi connectivity index (χ3n) is 3.49. The summed E-state index contributed by atoms with van der Waals surface area (Å²) >= 11 is 5.25. The number of piperidine rings is 1. The molecule has 0 radical (unpaired) electrons. The van der Waals surface area contributed by atoms with Crippen LogP contribution in [0.25, 0.3) is 0 Å². The van der Waals surface area contributed by atoms with Gasteiger partial charge >= 0.3 is 0 Å². The second-order valence-corrected chi connectivity index (χ2v) is 5.36. The molecule has 21 heavy (non-hydrogen) atoms. The monoisotopic (exact) mass is 335 g/mol. The van der Waals surface area contributed by atoms with Crippen molar-refractivity contribution in [2.45, 2.75) is 25.7 Å². The molecule has 0 aliphatic carbocycles. The van der Waals surface area contributed by atoms with E-state index in [1.54, 1.807) is 6.07 Å². The van der Waals surface area contributed by atoms with Crippen molar-refractivity contribution < 1.29 is 13.9 Å². The van der Waals surface area contributed by atoms with Gasteiger partial charge in [-0.3, -0.25) is 4.79 Å². The number of carbonyl (C=O) groups excluding carboxylic acids is 1. The van der Waals surface area contributed by atoms with E-state index in [1.807, 2.05) is 0 Å². The second-order valence-electron chi connectivity index (χ2n) is 5.02. The predicted molar refractivity (Wildman–Crippen MR) is 84.2 cm³/mol. The Bertz CT molecular complexity index is 465. The van der Waals surface area contributed by atoms with E-state index in [0.29, 0.717) is 12.4 Å². The summed E-state index contributed by atoms with van der Waals surface area (Å²) in [6, 6.07) is 4.13. The highest BCUT2D eigenvalue weighted by molar-refractivity contribution is 6.67. The first-order valence-corrected chi connectivity index (χ1v) is 7.39. The quantitative estimate of drug-likeness (QED) is 0.583. The van der Waals surface area contributed by atoms with E-state index in [9.17, 15) is 9.18 Å². The fourth-order valence-corrected chi connectivity index (χ4v) is 2.56. The number of ether oxygens (including phenoxy) is 1. The van der Waals surface area contributed by atoms with Gasteiger partial charge in [0.15, 0.2) is 0 Å². The fraction of sp³-hybridized carbons (Fsp3) is 0.533. The molecule has 3 nitrogen and oxygen atoms in total. The molecule has 1 heterocycles. The molecule has 0 atom stereocenters. The van der Waals surface area contributed by atoms with Crippen LogP contribution in [0.2, 0.25) is 0 Å². The molecular weight excluding hydrogens is 316 g/mol. The highest BCUT2D eigenvalue weighted by atomic mass is 35.5. The van der Waals surface area contributed by atoms with E-state index in [2.05, 4.69) is 4.90 Å². The maximum Gasteiger partial charge on any atom is 0.255 e. The van der Waals surface area contributed by atoms with Gasteiger partial charge in [0, 0.05) is 12.6 Å². The highest BCUT2D eigenvalue weighted by Crippen LogP contribution is 2.18.